The van der Waals surface area contributed by atoms with Crippen LogP contribution in [0.4, 0.5) is 17.1 Å². The minimum absolute atomic E-state index is 0.119. The van der Waals surface area contributed by atoms with Gasteiger partial charge >= 0.3 is 0 Å². The summed E-state index contributed by atoms with van der Waals surface area (Å²) in [6, 6.07) is 13.1. The lowest BCUT2D eigenvalue weighted by molar-refractivity contribution is -0.114. The minimum atomic E-state index is -0.137. The summed E-state index contributed by atoms with van der Waals surface area (Å²) >= 11 is 12.0. The molecule has 0 radical (unpaired) electrons. The van der Waals surface area contributed by atoms with E-state index in [4.69, 9.17) is 23.2 Å². The maximum atomic E-state index is 12.1. The number of anilines is 3. The second kappa shape index (κ2) is 8.45. The van der Waals surface area contributed by atoms with Gasteiger partial charge < -0.3 is 15.5 Å². The first-order valence-corrected chi connectivity index (χ1v) is 9.21. The van der Waals surface area contributed by atoms with Gasteiger partial charge in [0.2, 0.25) is 5.91 Å². The van der Waals surface area contributed by atoms with Gasteiger partial charge in [-0.15, -0.1) is 0 Å². The Labute approximate surface area is 158 Å². The highest BCUT2D eigenvalue weighted by molar-refractivity contribution is 6.35. The van der Waals surface area contributed by atoms with E-state index in [1.807, 2.05) is 12.1 Å². The van der Waals surface area contributed by atoms with E-state index in [2.05, 4.69) is 27.7 Å². The largest absolute Gasteiger partial charge is 0.375 e. The zero-order valence-corrected chi connectivity index (χ0v) is 15.4. The highest BCUT2D eigenvalue weighted by Gasteiger charge is 2.11. The van der Waals surface area contributed by atoms with Crippen LogP contribution in [-0.2, 0) is 4.79 Å². The van der Waals surface area contributed by atoms with E-state index in [0.717, 1.165) is 18.8 Å². The van der Waals surface area contributed by atoms with Gasteiger partial charge in [0, 0.05) is 29.5 Å². The Balaban J connectivity index is 1.53. The van der Waals surface area contributed by atoms with Crippen LogP contribution in [0.25, 0.3) is 0 Å². The Hall–Kier alpha value is -1.91. The molecule has 0 saturated carbocycles. The molecule has 1 amide bonds. The fourth-order valence-corrected chi connectivity index (χ4v) is 3.28. The molecule has 4 nitrogen and oxygen atoms in total. The van der Waals surface area contributed by atoms with Gasteiger partial charge in [-0.3, -0.25) is 4.79 Å². The quantitative estimate of drug-likeness (QED) is 0.767. The first-order valence-electron chi connectivity index (χ1n) is 8.45. The van der Waals surface area contributed by atoms with Crippen LogP contribution in [-0.4, -0.2) is 25.5 Å². The Morgan fingerprint density at radius 3 is 2.44 bits per heavy atom. The van der Waals surface area contributed by atoms with Crippen LogP contribution in [0, 0.1) is 0 Å². The number of nitrogens with zero attached hydrogens (tertiary/aromatic N) is 1. The molecule has 2 aromatic carbocycles. The summed E-state index contributed by atoms with van der Waals surface area (Å²) in [5.41, 5.74) is 2.64. The predicted octanol–water partition coefficient (Wildman–Crippen LogP) is 5.03. The summed E-state index contributed by atoms with van der Waals surface area (Å²) in [7, 11) is 0. The van der Waals surface area contributed by atoms with E-state index >= 15 is 0 Å². The molecule has 0 spiro atoms. The number of piperidine rings is 1. The molecule has 2 aromatic rings. The Morgan fingerprint density at radius 1 is 1.00 bits per heavy atom. The van der Waals surface area contributed by atoms with Crippen LogP contribution < -0.4 is 15.5 Å². The standard InChI is InChI=1S/C19H21Cl2N3O/c20-14-4-9-17(21)18(12-14)22-13-19(25)23-15-5-7-16(8-6-15)24-10-2-1-3-11-24/h4-9,12,22H,1-3,10-11,13H2,(H,23,25). The average Bonchev–Trinajstić information content (AvgIpc) is 2.64. The maximum absolute atomic E-state index is 12.1. The number of carbonyl (C=O) groups excluding carboxylic acids is 1. The number of carbonyl (C=O) groups is 1. The third-order valence-electron chi connectivity index (χ3n) is 4.24. The lowest BCUT2D eigenvalue weighted by Gasteiger charge is -2.28. The Bertz CT molecular complexity index is 728. The highest BCUT2D eigenvalue weighted by atomic mass is 35.5. The van der Waals surface area contributed by atoms with Crippen molar-refractivity contribution in [3.05, 3.63) is 52.5 Å². The first kappa shape index (κ1) is 17.9. The zero-order chi connectivity index (χ0) is 17.6. The molecule has 1 saturated heterocycles. The van der Waals surface area contributed by atoms with Crippen molar-refractivity contribution in [1.82, 2.24) is 0 Å². The molecule has 0 aliphatic carbocycles. The number of amides is 1. The molecule has 0 bridgehead atoms. The van der Waals surface area contributed by atoms with Crippen molar-refractivity contribution in [2.45, 2.75) is 19.3 Å². The average molecular weight is 378 g/mol. The Kier molecular flexibility index (Phi) is 6.05. The van der Waals surface area contributed by atoms with Crippen molar-refractivity contribution in [1.29, 1.82) is 0 Å². The second-order valence-electron chi connectivity index (χ2n) is 6.12. The molecule has 2 N–H and O–H groups in total. The summed E-state index contributed by atoms with van der Waals surface area (Å²) in [5, 5.41) is 6.98. The molecule has 1 fully saturated rings. The van der Waals surface area contributed by atoms with Crippen LogP contribution >= 0.6 is 23.2 Å². The maximum Gasteiger partial charge on any atom is 0.243 e. The fourth-order valence-electron chi connectivity index (χ4n) is 2.92. The summed E-state index contributed by atoms with van der Waals surface area (Å²) in [6.07, 6.45) is 3.81. The van der Waals surface area contributed by atoms with Crippen LogP contribution in [0.3, 0.4) is 0 Å². The van der Waals surface area contributed by atoms with Crippen LogP contribution in [0.15, 0.2) is 42.5 Å². The van der Waals surface area contributed by atoms with E-state index in [1.165, 1.54) is 24.9 Å². The third kappa shape index (κ3) is 5.03. The number of hydrogen-bond donors (Lipinski definition) is 2. The summed E-state index contributed by atoms with van der Waals surface area (Å²) in [5.74, 6) is -0.137. The lowest BCUT2D eigenvalue weighted by Crippen LogP contribution is -2.29. The van der Waals surface area contributed by atoms with Gasteiger partial charge in [-0.05, 0) is 61.7 Å². The van der Waals surface area contributed by atoms with Crippen LogP contribution in [0.1, 0.15) is 19.3 Å². The molecule has 132 valence electrons. The van der Waals surface area contributed by atoms with Crippen molar-refractivity contribution < 1.29 is 4.79 Å². The number of halogens is 2. The van der Waals surface area contributed by atoms with E-state index in [-0.39, 0.29) is 12.5 Å². The summed E-state index contributed by atoms with van der Waals surface area (Å²) in [6.45, 7) is 2.33. The van der Waals surface area contributed by atoms with Gasteiger partial charge in [-0.2, -0.15) is 0 Å². The van der Waals surface area contributed by atoms with Gasteiger partial charge in [-0.25, -0.2) is 0 Å². The van der Waals surface area contributed by atoms with Gasteiger partial charge in [-0.1, -0.05) is 23.2 Å². The number of hydrogen-bond acceptors (Lipinski definition) is 3. The van der Waals surface area contributed by atoms with Crippen LogP contribution in [0.2, 0.25) is 10.0 Å². The smallest absolute Gasteiger partial charge is 0.243 e. The topological polar surface area (TPSA) is 44.4 Å². The van der Waals surface area contributed by atoms with Gasteiger partial charge in [0.25, 0.3) is 0 Å². The third-order valence-corrected chi connectivity index (χ3v) is 4.80. The van der Waals surface area contributed by atoms with Crippen LogP contribution in [0.5, 0.6) is 0 Å². The van der Waals surface area contributed by atoms with E-state index in [0.29, 0.717) is 15.7 Å². The van der Waals surface area contributed by atoms with Gasteiger partial charge in [0.1, 0.15) is 0 Å². The molecule has 3 rings (SSSR count). The van der Waals surface area contributed by atoms with Crippen molar-refractivity contribution in [3.63, 3.8) is 0 Å². The summed E-state index contributed by atoms with van der Waals surface area (Å²) in [4.78, 5) is 14.5. The SMILES string of the molecule is O=C(CNc1cc(Cl)ccc1Cl)Nc1ccc(N2CCCCC2)cc1. The van der Waals surface area contributed by atoms with E-state index in [1.54, 1.807) is 18.2 Å². The Morgan fingerprint density at radius 2 is 1.72 bits per heavy atom. The van der Waals surface area contributed by atoms with Crippen molar-refractivity contribution in [2.75, 3.05) is 35.2 Å². The fraction of sp³-hybridized carbons (Fsp3) is 0.316. The molecule has 1 aliphatic heterocycles. The predicted molar refractivity (Wildman–Crippen MR) is 106 cm³/mol. The normalized spacial score (nSPS) is 14.2. The first-order chi connectivity index (χ1) is 12.1. The molecule has 1 heterocycles. The molecule has 25 heavy (non-hydrogen) atoms. The van der Waals surface area contributed by atoms with E-state index in [9.17, 15) is 4.79 Å². The molecular formula is C19H21Cl2N3O. The molecule has 0 aromatic heterocycles. The lowest BCUT2D eigenvalue weighted by atomic mass is 10.1. The van der Waals surface area contributed by atoms with Crippen molar-refractivity contribution in [3.8, 4) is 0 Å². The van der Waals surface area contributed by atoms with Crippen molar-refractivity contribution in [2.24, 2.45) is 0 Å². The van der Waals surface area contributed by atoms with Gasteiger partial charge in [0.15, 0.2) is 0 Å². The van der Waals surface area contributed by atoms with E-state index < -0.39 is 0 Å². The molecule has 0 atom stereocenters. The monoisotopic (exact) mass is 377 g/mol. The zero-order valence-electron chi connectivity index (χ0n) is 13.9. The van der Waals surface area contributed by atoms with Crippen molar-refractivity contribution >= 4 is 46.2 Å². The summed E-state index contributed by atoms with van der Waals surface area (Å²) < 4.78 is 0. The number of nitrogens with one attached hydrogen (secondary N) is 2. The number of rotatable bonds is 5. The highest BCUT2D eigenvalue weighted by Crippen LogP contribution is 2.25. The molecule has 6 heteroatoms. The molecule has 1 aliphatic rings. The number of benzene rings is 2. The minimum Gasteiger partial charge on any atom is -0.375 e. The molecular weight excluding hydrogens is 357 g/mol. The van der Waals surface area contributed by atoms with Gasteiger partial charge in [0.05, 0.1) is 17.3 Å². The molecule has 0 unspecified atom stereocenters. The second-order valence-corrected chi connectivity index (χ2v) is 6.96.